The summed E-state index contributed by atoms with van der Waals surface area (Å²) in [6.45, 7) is 0.134. The van der Waals surface area contributed by atoms with E-state index in [1.54, 1.807) is 18.2 Å². The summed E-state index contributed by atoms with van der Waals surface area (Å²) < 4.78 is 40.3. The average molecular weight is 402 g/mol. The Morgan fingerprint density at radius 3 is 2.36 bits per heavy atom. The number of carbonyl (C=O) groups is 1. The van der Waals surface area contributed by atoms with Crippen LogP contribution in [0.4, 0.5) is 0 Å². The number of amides is 1. The smallest absolute Gasteiger partial charge is 0.301 e. The molecule has 0 aliphatic rings. The zero-order valence-electron chi connectivity index (χ0n) is 14.9. The maximum atomic E-state index is 12.2. The number of para-hydroxylation sites is 1. The molecule has 0 unspecified atom stereocenters. The summed E-state index contributed by atoms with van der Waals surface area (Å²) in [4.78, 5) is 14.1. The first kappa shape index (κ1) is 19.5. The zero-order chi connectivity index (χ0) is 20.0. The highest BCUT2D eigenvalue weighted by molar-refractivity contribution is 7.89. The Morgan fingerprint density at radius 1 is 0.964 bits per heavy atom. The Balaban J connectivity index is 1.56. The molecule has 1 amide bonds. The fraction of sp³-hybridized carbons (Fsp3) is 0.105. The van der Waals surface area contributed by atoms with Crippen LogP contribution < -0.4 is 19.7 Å². The van der Waals surface area contributed by atoms with Gasteiger partial charge in [0.25, 0.3) is 10.0 Å². The van der Waals surface area contributed by atoms with Gasteiger partial charge in [0.1, 0.15) is 23.9 Å². The summed E-state index contributed by atoms with van der Waals surface area (Å²) in [6, 6.07) is 17.9. The summed E-state index contributed by atoms with van der Waals surface area (Å²) in [6.07, 6.45) is 0. The van der Waals surface area contributed by atoms with E-state index in [2.05, 4.69) is 5.43 Å². The monoisotopic (exact) mass is 402 g/mol. The molecular weight excluding hydrogens is 384 g/mol. The van der Waals surface area contributed by atoms with Gasteiger partial charge in [0.2, 0.25) is 0 Å². The number of hydrazine groups is 1. The third-order valence-corrected chi connectivity index (χ3v) is 4.94. The number of hydrogen-bond acceptors (Lipinski definition) is 6. The Labute approximate surface area is 162 Å². The lowest BCUT2D eigenvalue weighted by atomic mass is 10.3. The van der Waals surface area contributed by atoms with Crippen LogP contribution >= 0.6 is 0 Å². The lowest BCUT2D eigenvalue weighted by molar-refractivity contribution is 0.0913. The van der Waals surface area contributed by atoms with Gasteiger partial charge in [-0.3, -0.25) is 10.2 Å². The van der Waals surface area contributed by atoms with Crippen molar-refractivity contribution in [2.45, 2.75) is 11.5 Å². The third kappa shape index (κ3) is 4.90. The van der Waals surface area contributed by atoms with Gasteiger partial charge in [-0.15, -0.1) is 4.83 Å². The highest BCUT2D eigenvalue weighted by atomic mass is 32.2. The Morgan fingerprint density at radius 2 is 1.68 bits per heavy atom. The molecule has 2 N–H and O–H groups in total. The summed E-state index contributed by atoms with van der Waals surface area (Å²) in [5.74, 6) is 0.820. The molecule has 0 atom stereocenters. The van der Waals surface area contributed by atoms with Crippen LogP contribution in [0.2, 0.25) is 0 Å². The van der Waals surface area contributed by atoms with Gasteiger partial charge in [-0.2, -0.15) is 0 Å². The second-order valence-electron chi connectivity index (χ2n) is 5.60. The summed E-state index contributed by atoms with van der Waals surface area (Å²) in [5, 5.41) is 0. The normalized spacial score (nSPS) is 11.0. The van der Waals surface area contributed by atoms with Crippen LogP contribution in [0.5, 0.6) is 11.5 Å². The summed E-state index contributed by atoms with van der Waals surface area (Å²) in [5.41, 5.74) is 2.11. The van der Waals surface area contributed by atoms with Crippen LogP contribution in [0.15, 0.2) is 76.0 Å². The van der Waals surface area contributed by atoms with Gasteiger partial charge in [-0.05, 0) is 48.5 Å². The molecule has 0 fully saturated rings. The van der Waals surface area contributed by atoms with E-state index in [0.717, 1.165) is 0 Å². The minimum Gasteiger partial charge on any atom is -0.497 e. The molecule has 1 aromatic heterocycles. The van der Waals surface area contributed by atoms with Gasteiger partial charge in [-0.1, -0.05) is 18.2 Å². The number of carbonyl (C=O) groups excluding carboxylic acids is 1. The molecular formula is C19H18N2O6S. The number of nitrogens with one attached hydrogen (secondary N) is 2. The highest BCUT2D eigenvalue weighted by Crippen LogP contribution is 2.16. The topological polar surface area (TPSA) is 107 Å². The number of methoxy groups -OCH3 is 1. The van der Waals surface area contributed by atoms with Crippen molar-refractivity contribution in [3.05, 3.63) is 78.3 Å². The third-order valence-electron chi connectivity index (χ3n) is 3.68. The van der Waals surface area contributed by atoms with E-state index < -0.39 is 15.9 Å². The molecule has 0 bridgehead atoms. The van der Waals surface area contributed by atoms with Crippen molar-refractivity contribution in [1.29, 1.82) is 0 Å². The minimum atomic E-state index is -3.93. The van der Waals surface area contributed by atoms with Crippen LogP contribution in [0, 0.1) is 0 Å². The molecule has 146 valence electrons. The zero-order valence-corrected chi connectivity index (χ0v) is 15.7. The molecule has 28 heavy (non-hydrogen) atoms. The average Bonchev–Trinajstić information content (AvgIpc) is 3.20. The molecule has 1 heterocycles. The molecule has 2 aromatic carbocycles. The SMILES string of the molecule is COc1ccc(S(=O)(=O)NNC(=O)c2ccc(COc3ccccc3)o2)cc1. The standard InChI is InChI=1S/C19H18N2O6S/c1-25-14-7-10-17(11-8-14)28(23,24)21-20-19(22)18-12-9-16(27-18)13-26-15-5-3-2-4-6-15/h2-12,21H,13H2,1H3,(H,20,22). The largest absolute Gasteiger partial charge is 0.497 e. The lowest BCUT2D eigenvalue weighted by Gasteiger charge is -2.08. The number of benzene rings is 2. The molecule has 0 saturated heterocycles. The van der Waals surface area contributed by atoms with Crippen molar-refractivity contribution < 1.29 is 27.1 Å². The van der Waals surface area contributed by atoms with Crippen LogP contribution in [-0.4, -0.2) is 21.4 Å². The van der Waals surface area contributed by atoms with E-state index in [9.17, 15) is 13.2 Å². The van der Waals surface area contributed by atoms with E-state index in [1.807, 2.05) is 23.0 Å². The number of rotatable bonds is 8. The van der Waals surface area contributed by atoms with E-state index in [0.29, 0.717) is 17.3 Å². The Kier molecular flexibility index (Phi) is 5.97. The van der Waals surface area contributed by atoms with Gasteiger partial charge in [0.15, 0.2) is 5.76 Å². The second kappa shape index (κ2) is 8.59. The fourth-order valence-corrected chi connectivity index (χ4v) is 3.08. The van der Waals surface area contributed by atoms with Crippen molar-refractivity contribution in [1.82, 2.24) is 10.3 Å². The van der Waals surface area contributed by atoms with Gasteiger partial charge in [-0.25, -0.2) is 8.42 Å². The Bertz CT molecular complexity index is 1030. The Hall–Kier alpha value is -3.30. The van der Waals surface area contributed by atoms with E-state index in [-0.39, 0.29) is 17.3 Å². The first-order valence-electron chi connectivity index (χ1n) is 8.21. The quantitative estimate of drug-likeness (QED) is 0.561. The predicted molar refractivity (Wildman–Crippen MR) is 100 cm³/mol. The van der Waals surface area contributed by atoms with Crippen LogP contribution in [0.1, 0.15) is 16.3 Å². The first-order chi connectivity index (χ1) is 13.5. The lowest BCUT2D eigenvalue weighted by Crippen LogP contribution is -2.41. The molecule has 9 heteroatoms. The van der Waals surface area contributed by atoms with Crippen molar-refractivity contribution in [2.24, 2.45) is 0 Å². The molecule has 3 aromatic rings. The highest BCUT2D eigenvalue weighted by Gasteiger charge is 2.17. The number of ether oxygens (including phenoxy) is 2. The molecule has 0 saturated carbocycles. The summed E-state index contributed by atoms with van der Waals surface area (Å²) in [7, 11) is -2.45. The first-order valence-corrected chi connectivity index (χ1v) is 9.69. The van der Waals surface area contributed by atoms with Crippen LogP contribution in [0.3, 0.4) is 0 Å². The number of furan rings is 1. The molecule has 0 aliphatic heterocycles. The van der Waals surface area contributed by atoms with Gasteiger partial charge < -0.3 is 13.9 Å². The van der Waals surface area contributed by atoms with Crippen molar-refractivity contribution >= 4 is 15.9 Å². The van der Waals surface area contributed by atoms with Gasteiger partial charge >= 0.3 is 5.91 Å². The maximum absolute atomic E-state index is 12.2. The molecule has 0 spiro atoms. The van der Waals surface area contributed by atoms with E-state index in [4.69, 9.17) is 13.9 Å². The predicted octanol–water partition coefficient (Wildman–Crippen LogP) is 2.49. The second-order valence-corrected chi connectivity index (χ2v) is 7.29. The molecule has 0 radical (unpaired) electrons. The molecule has 0 aliphatic carbocycles. The summed E-state index contributed by atoms with van der Waals surface area (Å²) >= 11 is 0. The van der Waals surface area contributed by atoms with Crippen molar-refractivity contribution in [3.63, 3.8) is 0 Å². The molecule has 3 rings (SSSR count). The van der Waals surface area contributed by atoms with Crippen molar-refractivity contribution in [3.8, 4) is 11.5 Å². The van der Waals surface area contributed by atoms with Gasteiger partial charge in [0, 0.05) is 0 Å². The van der Waals surface area contributed by atoms with E-state index >= 15 is 0 Å². The minimum absolute atomic E-state index is 0.0232. The fourth-order valence-electron chi connectivity index (χ4n) is 2.24. The van der Waals surface area contributed by atoms with Gasteiger partial charge in [0.05, 0.1) is 12.0 Å². The number of hydrogen-bond donors (Lipinski definition) is 2. The van der Waals surface area contributed by atoms with Crippen LogP contribution in [0.25, 0.3) is 0 Å². The van der Waals surface area contributed by atoms with Crippen molar-refractivity contribution in [2.75, 3.05) is 7.11 Å². The van der Waals surface area contributed by atoms with E-state index in [1.165, 1.54) is 37.4 Å². The molecule has 8 nitrogen and oxygen atoms in total. The maximum Gasteiger partial charge on any atom is 0.301 e. The number of sulfonamides is 1. The van der Waals surface area contributed by atoms with Crippen LogP contribution in [-0.2, 0) is 16.6 Å².